The van der Waals surface area contributed by atoms with Gasteiger partial charge in [0, 0.05) is 19.4 Å². The molecule has 0 aliphatic carbocycles. The summed E-state index contributed by atoms with van der Waals surface area (Å²) in [6.07, 6.45) is 0.902. The van der Waals surface area contributed by atoms with E-state index in [2.05, 4.69) is 20.4 Å². The predicted octanol–water partition coefficient (Wildman–Crippen LogP) is 2.88. The van der Waals surface area contributed by atoms with E-state index in [-0.39, 0.29) is 12.0 Å². The number of hydrogen-bond acceptors (Lipinski definition) is 4. The molecule has 1 atom stereocenters. The molecular weight excluding hydrogens is 328 g/mol. The van der Waals surface area contributed by atoms with Crippen LogP contribution in [-0.4, -0.2) is 27.7 Å². The second kappa shape index (κ2) is 7.00. The van der Waals surface area contributed by atoms with E-state index < -0.39 is 0 Å². The van der Waals surface area contributed by atoms with Crippen molar-refractivity contribution in [3.05, 3.63) is 65.5 Å². The third kappa shape index (κ3) is 3.59. The fraction of sp³-hybridized carbons (Fsp3) is 0.250. The highest BCUT2D eigenvalue weighted by molar-refractivity contribution is 6.39. The maximum Gasteiger partial charge on any atom is 0.269 e. The molecule has 4 rings (SSSR count). The first kappa shape index (κ1) is 16.3. The molecule has 6 nitrogen and oxygen atoms in total. The van der Waals surface area contributed by atoms with Crippen LogP contribution in [0.4, 0.5) is 0 Å². The molecule has 26 heavy (non-hydrogen) atoms. The Bertz CT molecular complexity index is 926. The SMILES string of the molecule is Cc1ccc(CNC(=O)C2=NOC(Cc3nc4ccccc4[nH]3)C2)cc1. The summed E-state index contributed by atoms with van der Waals surface area (Å²) in [5, 5.41) is 6.85. The lowest BCUT2D eigenvalue weighted by Crippen LogP contribution is -2.30. The van der Waals surface area contributed by atoms with Gasteiger partial charge in [0.1, 0.15) is 17.6 Å². The van der Waals surface area contributed by atoms with Crippen molar-refractivity contribution >= 4 is 22.7 Å². The minimum absolute atomic E-state index is 0.171. The lowest BCUT2D eigenvalue weighted by atomic mass is 10.1. The first-order valence-corrected chi connectivity index (χ1v) is 8.67. The Hall–Kier alpha value is -3.15. The van der Waals surface area contributed by atoms with Crippen LogP contribution in [0, 0.1) is 6.92 Å². The summed E-state index contributed by atoms with van der Waals surface area (Å²) >= 11 is 0. The van der Waals surface area contributed by atoms with E-state index in [1.807, 2.05) is 55.5 Å². The molecule has 0 radical (unpaired) electrons. The smallest absolute Gasteiger partial charge is 0.269 e. The van der Waals surface area contributed by atoms with Crippen molar-refractivity contribution < 1.29 is 9.63 Å². The predicted molar refractivity (Wildman–Crippen MR) is 99.7 cm³/mol. The monoisotopic (exact) mass is 348 g/mol. The third-order valence-corrected chi connectivity index (χ3v) is 4.43. The average Bonchev–Trinajstić information content (AvgIpc) is 3.27. The number of amides is 1. The van der Waals surface area contributed by atoms with Crippen LogP contribution in [0.1, 0.15) is 23.4 Å². The van der Waals surface area contributed by atoms with Crippen LogP contribution < -0.4 is 5.32 Å². The molecule has 3 aromatic rings. The number of nitrogens with one attached hydrogen (secondary N) is 2. The van der Waals surface area contributed by atoms with Crippen molar-refractivity contribution in [1.82, 2.24) is 15.3 Å². The van der Waals surface area contributed by atoms with E-state index >= 15 is 0 Å². The lowest BCUT2D eigenvalue weighted by Gasteiger charge is -2.06. The van der Waals surface area contributed by atoms with Gasteiger partial charge in [0.25, 0.3) is 5.91 Å². The molecule has 1 aliphatic heterocycles. The normalized spacial score (nSPS) is 16.3. The van der Waals surface area contributed by atoms with Crippen LogP contribution in [0.2, 0.25) is 0 Å². The summed E-state index contributed by atoms with van der Waals surface area (Å²) in [5.74, 6) is 0.658. The second-order valence-corrected chi connectivity index (χ2v) is 6.54. The van der Waals surface area contributed by atoms with Crippen molar-refractivity contribution in [2.75, 3.05) is 0 Å². The summed E-state index contributed by atoms with van der Waals surface area (Å²) < 4.78 is 0. The lowest BCUT2D eigenvalue weighted by molar-refractivity contribution is -0.115. The molecule has 2 heterocycles. The summed E-state index contributed by atoms with van der Waals surface area (Å²) in [6.45, 7) is 2.52. The molecule has 0 fully saturated rings. The number of aromatic amines is 1. The number of nitrogens with zero attached hydrogens (tertiary/aromatic N) is 2. The van der Waals surface area contributed by atoms with Gasteiger partial charge in [-0.3, -0.25) is 4.79 Å². The zero-order valence-electron chi connectivity index (χ0n) is 14.5. The van der Waals surface area contributed by atoms with Gasteiger partial charge in [-0.25, -0.2) is 4.98 Å². The van der Waals surface area contributed by atoms with E-state index in [1.54, 1.807) is 0 Å². The number of rotatable bonds is 5. The van der Waals surface area contributed by atoms with Gasteiger partial charge in [-0.1, -0.05) is 47.1 Å². The van der Waals surface area contributed by atoms with Crippen LogP contribution in [0.5, 0.6) is 0 Å². The minimum atomic E-state index is -0.183. The van der Waals surface area contributed by atoms with Gasteiger partial charge in [0.05, 0.1) is 11.0 Å². The number of carbonyl (C=O) groups is 1. The summed E-state index contributed by atoms with van der Waals surface area (Å²) in [6, 6.07) is 15.9. The number of aryl methyl sites for hydroxylation is 1. The molecule has 1 aromatic heterocycles. The van der Waals surface area contributed by atoms with Crippen molar-refractivity contribution in [2.24, 2.45) is 5.16 Å². The third-order valence-electron chi connectivity index (χ3n) is 4.43. The molecular formula is C20H20N4O2. The highest BCUT2D eigenvalue weighted by Gasteiger charge is 2.27. The summed E-state index contributed by atoms with van der Waals surface area (Å²) in [4.78, 5) is 25.5. The molecule has 0 bridgehead atoms. The number of benzene rings is 2. The van der Waals surface area contributed by atoms with Gasteiger partial charge in [0.2, 0.25) is 0 Å². The fourth-order valence-corrected chi connectivity index (χ4v) is 2.98. The summed E-state index contributed by atoms with van der Waals surface area (Å²) in [5.41, 5.74) is 4.61. The van der Waals surface area contributed by atoms with Gasteiger partial charge in [0.15, 0.2) is 0 Å². The molecule has 0 spiro atoms. The number of H-pyrrole nitrogens is 1. The zero-order chi connectivity index (χ0) is 17.9. The standard InChI is InChI=1S/C20H20N4O2/c1-13-6-8-14(9-7-13)12-21-20(25)18-10-15(26-24-18)11-19-22-16-4-2-3-5-17(16)23-19/h2-9,15H,10-12H2,1H3,(H,21,25)(H,22,23). The maximum atomic E-state index is 12.3. The highest BCUT2D eigenvalue weighted by atomic mass is 16.6. The van der Waals surface area contributed by atoms with E-state index in [0.29, 0.717) is 25.1 Å². The molecule has 1 aliphatic rings. The number of para-hydroxylation sites is 2. The average molecular weight is 348 g/mol. The molecule has 2 aromatic carbocycles. The van der Waals surface area contributed by atoms with E-state index in [9.17, 15) is 4.79 Å². The molecule has 6 heteroatoms. The van der Waals surface area contributed by atoms with Crippen LogP contribution in [0.15, 0.2) is 53.7 Å². The van der Waals surface area contributed by atoms with Gasteiger partial charge in [-0.15, -0.1) is 0 Å². The topological polar surface area (TPSA) is 79.4 Å². The van der Waals surface area contributed by atoms with Crippen molar-refractivity contribution in [3.63, 3.8) is 0 Å². The number of oxime groups is 1. The number of fused-ring (bicyclic) bond motifs is 1. The Kier molecular flexibility index (Phi) is 4.39. The van der Waals surface area contributed by atoms with Gasteiger partial charge in [-0.2, -0.15) is 0 Å². The van der Waals surface area contributed by atoms with Crippen LogP contribution in [0.25, 0.3) is 11.0 Å². The van der Waals surface area contributed by atoms with Crippen LogP contribution in [0.3, 0.4) is 0 Å². The van der Waals surface area contributed by atoms with E-state index in [4.69, 9.17) is 4.84 Å². The fourth-order valence-electron chi connectivity index (χ4n) is 2.98. The van der Waals surface area contributed by atoms with Crippen molar-refractivity contribution in [3.8, 4) is 0 Å². The number of imidazole rings is 1. The van der Waals surface area contributed by atoms with E-state index in [1.165, 1.54) is 5.56 Å². The molecule has 0 saturated carbocycles. The molecule has 1 amide bonds. The largest absolute Gasteiger partial charge is 0.391 e. The first-order valence-electron chi connectivity index (χ1n) is 8.67. The Morgan fingerprint density at radius 3 is 2.85 bits per heavy atom. The van der Waals surface area contributed by atoms with E-state index in [0.717, 1.165) is 22.4 Å². The van der Waals surface area contributed by atoms with Crippen molar-refractivity contribution in [1.29, 1.82) is 0 Å². The summed E-state index contributed by atoms with van der Waals surface area (Å²) in [7, 11) is 0. The maximum absolute atomic E-state index is 12.3. The quantitative estimate of drug-likeness (QED) is 0.744. The molecule has 2 N–H and O–H groups in total. The number of carbonyl (C=O) groups excluding carboxylic acids is 1. The Balaban J connectivity index is 1.31. The zero-order valence-corrected chi connectivity index (χ0v) is 14.5. The van der Waals surface area contributed by atoms with Crippen molar-refractivity contribution in [2.45, 2.75) is 32.4 Å². The second-order valence-electron chi connectivity index (χ2n) is 6.54. The molecule has 132 valence electrons. The Morgan fingerprint density at radius 2 is 2.04 bits per heavy atom. The molecule has 0 saturated heterocycles. The minimum Gasteiger partial charge on any atom is -0.391 e. The Morgan fingerprint density at radius 1 is 1.23 bits per heavy atom. The number of hydrogen-bond donors (Lipinski definition) is 2. The first-order chi connectivity index (χ1) is 12.7. The van der Waals surface area contributed by atoms with Gasteiger partial charge in [-0.05, 0) is 24.6 Å². The van der Waals surface area contributed by atoms with Gasteiger partial charge < -0.3 is 15.1 Å². The molecule has 1 unspecified atom stereocenters. The van der Waals surface area contributed by atoms with Gasteiger partial charge >= 0.3 is 0 Å². The number of aromatic nitrogens is 2. The van der Waals surface area contributed by atoms with Crippen LogP contribution in [-0.2, 0) is 22.6 Å². The van der Waals surface area contributed by atoms with Crippen LogP contribution >= 0.6 is 0 Å². The Labute approximate surface area is 151 Å². The highest BCUT2D eigenvalue weighted by Crippen LogP contribution is 2.17.